The van der Waals surface area contributed by atoms with Gasteiger partial charge in [-0.05, 0) is 51.1 Å². The van der Waals surface area contributed by atoms with Crippen molar-refractivity contribution in [3.63, 3.8) is 0 Å². The lowest BCUT2D eigenvalue weighted by Crippen LogP contribution is -2.42. The molecule has 136 valence electrons. The quantitative estimate of drug-likeness (QED) is 0.729. The Kier molecular flexibility index (Phi) is 6.47. The lowest BCUT2D eigenvalue weighted by atomic mass is 10.0. The molecule has 1 amide bonds. The van der Waals surface area contributed by atoms with Crippen molar-refractivity contribution in [1.29, 1.82) is 0 Å². The minimum absolute atomic E-state index is 0.101. The third kappa shape index (κ3) is 5.53. The molecule has 1 heterocycles. The summed E-state index contributed by atoms with van der Waals surface area (Å²) in [5.74, 6) is 1.51. The molecular formula is C19H25NO5. The number of carbonyl (C=O) groups excluding carboxylic acids is 1. The number of hydrogen-bond donors (Lipinski definition) is 2. The number of carbonyl (C=O) groups is 1. The fourth-order valence-electron chi connectivity index (χ4n) is 2.42. The third-order valence-corrected chi connectivity index (χ3v) is 3.57. The van der Waals surface area contributed by atoms with Gasteiger partial charge >= 0.3 is 0 Å². The van der Waals surface area contributed by atoms with Gasteiger partial charge in [-0.3, -0.25) is 4.79 Å². The highest BCUT2D eigenvalue weighted by atomic mass is 16.5. The zero-order chi connectivity index (χ0) is 18.3. The highest BCUT2D eigenvalue weighted by Crippen LogP contribution is 2.28. The van der Waals surface area contributed by atoms with E-state index in [0.717, 1.165) is 0 Å². The van der Waals surface area contributed by atoms with Crippen LogP contribution in [0.25, 0.3) is 0 Å². The van der Waals surface area contributed by atoms with Crippen molar-refractivity contribution >= 4 is 5.91 Å². The van der Waals surface area contributed by atoms with Crippen LogP contribution in [0.4, 0.5) is 0 Å². The van der Waals surface area contributed by atoms with Crippen molar-refractivity contribution in [1.82, 2.24) is 5.32 Å². The number of aliphatic hydroxyl groups is 1. The van der Waals surface area contributed by atoms with Gasteiger partial charge in [0.25, 0.3) is 5.91 Å². The zero-order valence-corrected chi connectivity index (χ0v) is 14.9. The lowest BCUT2D eigenvalue weighted by Gasteiger charge is -2.22. The molecule has 25 heavy (non-hydrogen) atoms. The van der Waals surface area contributed by atoms with E-state index in [0.29, 0.717) is 42.5 Å². The molecule has 0 saturated carbocycles. The van der Waals surface area contributed by atoms with Gasteiger partial charge in [-0.15, -0.1) is 0 Å². The van der Waals surface area contributed by atoms with E-state index in [2.05, 4.69) is 5.32 Å². The van der Waals surface area contributed by atoms with Gasteiger partial charge in [0.05, 0.1) is 25.1 Å². The fraction of sp³-hybridized carbons (Fsp3) is 0.421. The van der Waals surface area contributed by atoms with Gasteiger partial charge in [-0.2, -0.15) is 0 Å². The maximum atomic E-state index is 12.4. The Hall–Kier alpha value is -2.47. The van der Waals surface area contributed by atoms with Crippen molar-refractivity contribution < 1.29 is 23.8 Å². The Bertz CT molecular complexity index is 679. The number of furan rings is 1. The molecule has 6 nitrogen and oxygen atoms in total. The van der Waals surface area contributed by atoms with E-state index in [4.69, 9.17) is 13.9 Å². The van der Waals surface area contributed by atoms with E-state index in [1.54, 1.807) is 43.5 Å². The van der Waals surface area contributed by atoms with Gasteiger partial charge < -0.3 is 24.3 Å². The first-order valence-electron chi connectivity index (χ1n) is 8.37. The first-order chi connectivity index (χ1) is 11.9. The standard InChI is InChI=1S/C19H25NO5/c1-4-23-16-9-8-14(11-17(16)24-5-2)18(21)20-13-19(3,22)12-15-7-6-10-25-15/h6-11,22H,4-5,12-13H2,1-3H3,(H,20,21). The Labute approximate surface area is 147 Å². The molecule has 0 spiro atoms. The largest absolute Gasteiger partial charge is 0.490 e. The smallest absolute Gasteiger partial charge is 0.251 e. The van der Waals surface area contributed by atoms with Gasteiger partial charge in [-0.25, -0.2) is 0 Å². The Morgan fingerprint density at radius 3 is 2.56 bits per heavy atom. The summed E-state index contributed by atoms with van der Waals surface area (Å²) < 4.78 is 16.3. The van der Waals surface area contributed by atoms with Crippen molar-refractivity contribution in [2.75, 3.05) is 19.8 Å². The summed E-state index contributed by atoms with van der Waals surface area (Å²) in [6.45, 7) is 6.50. The average Bonchev–Trinajstić information content (AvgIpc) is 3.07. The first kappa shape index (κ1) is 18.9. The first-order valence-corrected chi connectivity index (χ1v) is 8.37. The Balaban J connectivity index is 2.01. The topological polar surface area (TPSA) is 80.9 Å². The molecule has 2 N–H and O–H groups in total. The summed E-state index contributed by atoms with van der Waals surface area (Å²) >= 11 is 0. The minimum atomic E-state index is -1.11. The van der Waals surface area contributed by atoms with Crippen LogP contribution in [0.1, 0.15) is 36.9 Å². The molecule has 0 fully saturated rings. The maximum Gasteiger partial charge on any atom is 0.251 e. The molecule has 0 aliphatic rings. The minimum Gasteiger partial charge on any atom is -0.490 e. The zero-order valence-electron chi connectivity index (χ0n) is 14.9. The molecule has 1 unspecified atom stereocenters. The van der Waals surface area contributed by atoms with E-state index in [-0.39, 0.29) is 12.5 Å². The number of benzene rings is 1. The molecule has 0 saturated heterocycles. The second-order valence-electron chi connectivity index (χ2n) is 5.96. The van der Waals surface area contributed by atoms with Gasteiger partial charge in [-0.1, -0.05) is 0 Å². The van der Waals surface area contributed by atoms with Crippen molar-refractivity contribution in [2.24, 2.45) is 0 Å². The van der Waals surface area contributed by atoms with Gasteiger partial charge in [0.1, 0.15) is 5.76 Å². The van der Waals surface area contributed by atoms with E-state index in [9.17, 15) is 9.90 Å². The Morgan fingerprint density at radius 1 is 1.20 bits per heavy atom. The van der Waals surface area contributed by atoms with Gasteiger partial charge in [0, 0.05) is 18.5 Å². The Morgan fingerprint density at radius 2 is 1.92 bits per heavy atom. The summed E-state index contributed by atoms with van der Waals surface area (Å²) in [4.78, 5) is 12.4. The SMILES string of the molecule is CCOc1ccc(C(=O)NCC(C)(O)Cc2ccco2)cc1OCC. The lowest BCUT2D eigenvalue weighted by molar-refractivity contribution is 0.0510. The molecule has 6 heteroatoms. The summed E-state index contributed by atoms with van der Waals surface area (Å²) in [7, 11) is 0. The predicted octanol–water partition coefficient (Wildman–Crippen LogP) is 2.80. The molecule has 0 aliphatic carbocycles. The second kappa shape index (κ2) is 8.58. The second-order valence-corrected chi connectivity index (χ2v) is 5.96. The van der Waals surface area contributed by atoms with Gasteiger partial charge in [0.2, 0.25) is 0 Å². The molecule has 1 aromatic heterocycles. The summed E-state index contributed by atoms with van der Waals surface area (Å²) in [6, 6.07) is 8.58. The van der Waals surface area contributed by atoms with Crippen LogP contribution in [0.2, 0.25) is 0 Å². The highest BCUT2D eigenvalue weighted by molar-refractivity contribution is 5.94. The van der Waals surface area contributed by atoms with Crippen LogP contribution in [0.15, 0.2) is 41.0 Å². The molecule has 1 aromatic carbocycles. The molecule has 0 aliphatic heterocycles. The van der Waals surface area contributed by atoms with Crippen LogP contribution in [-0.2, 0) is 6.42 Å². The normalized spacial score (nSPS) is 13.1. The number of amides is 1. The fourth-order valence-corrected chi connectivity index (χ4v) is 2.42. The van der Waals surface area contributed by atoms with Crippen LogP contribution < -0.4 is 14.8 Å². The predicted molar refractivity (Wildman–Crippen MR) is 94.1 cm³/mol. The monoisotopic (exact) mass is 347 g/mol. The van der Waals surface area contributed by atoms with E-state index < -0.39 is 5.60 Å². The maximum absolute atomic E-state index is 12.4. The summed E-state index contributed by atoms with van der Waals surface area (Å²) in [5.41, 5.74) is -0.665. The molecule has 2 aromatic rings. The van der Waals surface area contributed by atoms with E-state index in [1.807, 2.05) is 13.8 Å². The molecular weight excluding hydrogens is 322 g/mol. The van der Waals surface area contributed by atoms with E-state index in [1.165, 1.54) is 0 Å². The molecule has 0 bridgehead atoms. The number of ether oxygens (including phenoxy) is 2. The van der Waals surface area contributed by atoms with Crippen LogP contribution in [-0.4, -0.2) is 36.4 Å². The highest BCUT2D eigenvalue weighted by Gasteiger charge is 2.24. The van der Waals surface area contributed by atoms with Crippen LogP contribution in [0.3, 0.4) is 0 Å². The van der Waals surface area contributed by atoms with Crippen molar-refractivity contribution in [2.45, 2.75) is 32.8 Å². The molecule has 0 radical (unpaired) electrons. The van der Waals surface area contributed by atoms with Crippen molar-refractivity contribution in [3.8, 4) is 11.5 Å². The molecule has 1 atom stereocenters. The van der Waals surface area contributed by atoms with Crippen LogP contribution in [0.5, 0.6) is 11.5 Å². The van der Waals surface area contributed by atoms with Crippen LogP contribution >= 0.6 is 0 Å². The van der Waals surface area contributed by atoms with Crippen LogP contribution in [0, 0.1) is 0 Å². The number of nitrogens with one attached hydrogen (secondary N) is 1. The number of rotatable bonds is 9. The average molecular weight is 347 g/mol. The summed E-state index contributed by atoms with van der Waals surface area (Å²) in [6.07, 6.45) is 1.87. The molecule has 2 rings (SSSR count). The third-order valence-electron chi connectivity index (χ3n) is 3.57. The number of hydrogen-bond acceptors (Lipinski definition) is 5. The van der Waals surface area contributed by atoms with E-state index >= 15 is 0 Å². The van der Waals surface area contributed by atoms with Crippen molar-refractivity contribution in [3.05, 3.63) is 47.9 Å². The summed E-state index contributed by atoms with van der Waals surface area (Å²) in [5, 5.41) is 13.2. The van der Waals surface area contributed by atoms with Gasteiger partial charge in [0.15, 0.2) is 11.5 Å².